The molecular weight excluding hydrogens is 150 g/mol. The van der Waals surface area contributed by atoms with Gasteiger partial charge < -0.3 is 4.90 Å². The summed E-state index contributed by atoms with van der Waals surface area (Å²) in [6, 6.07) is 0. The number of rotatable bonds is 0. The van der Waals surface area contributed by atoms with E-state index in [1.807, 2.05) is 0 Å². The molecule has 0 radical (unpaired) electrons. The summed E-state index contributed by atoms with van der Waals surface area (Å²) in [6.45, 7) is 1.79. The molecule has 0 N–H and O–H groups in total. The minimum atomic E-state index is -0.274. The normalized spacial score (nSPS) is 27.5. The summed E-state index contributed by atoms with van der Waals surface area (Å²) in [6.07, 6.45) is 3.77. The molecule has 0 aromatic rings. The van der Waals surface area contributed by atoms with Gasteiger partial charge in [0.25, 0.3) is 0 Å². The summed E-state index contributed by atoms with van der Waals surface area (Å²) < 4.78 is 0. The third-order valence-electron chi connectivity index (χ3n) is 2.64. The van der Waals surface area contributed by atoms with E-state index in [0.717, 1.165) is 13.1 Å². The van der Waals surface area contributed by atoms with Crippen molar-refractivity contribution in [3.8, 4) is 0 Å². The standard InChI is InChI=1S/C7H10ClNO/c8-6(10)9-4-3-7(5-9)1-2-7/h1-5H2. The Kier molecular flexibility index (Phi) is 1.21. The highest BCUT2D eigenvalue weighted by Gasteiger charge is 2.48. The molecule has 1 aliphatic heterocycles. The average Bonchev–Trinajstić information content (AvgIpc) is 2.41. The Morgan fingerprint density at radius 1 is 1.40 bits per heavy atom. The van der Waals surface area contributed by atoms with Crippen molar-refractivity contribution >= 4 is 17.0 Å². The van der Waals surface area contributed by atoms with E-state index in [0.29, 0.717) is 5.41 Å². The number of hydrogen-bond donors (Lipinski definition) is 0. The molecule has 10 heavy (non-hydrogen) atoms. The molecule has 0 aromatic heterocycles. The quantitative estimate of drug-likeness (QED) is 0.390. The number of likely N-dealkylation sites (tertiary alicyclic amines) is 1. The SMILES string of the molecule is O=C(Cl)N1CCC2(CC2)C1. The molecule has 2 rings (SSSR count). The highest BCUT2D eigenvalue weighted by atomic mass is 35.5. The Morgan fingerprint density at radius 2 is 2.10 bits per heavy atom. The van der Waals surface area contributed by atoms with Crippen molar-refractivity contribution in [2.75, 3.05) is 13.1 Å². The van der Waals surface area contributed by atoms with Gasteiger partial charge in [0.15, 0.2) is 0 Å². The van der Waals surface area contributed by atoms with Crippen LogP contribution in [-0.4, -0.2) is 23.4 Å². The zero-order valence-corrected chi connectivity index (χ0v) is 6.52. The second kappa shape index (κ2) is 1.88. The minimum absolute atomic E-state index is 0.274. The van der Waals surface area contributed by atoms with Crippen molar-refractivity contribution in [1.29, 1.82) is 0 Å². The number of halogens is 1. The first-order valence-corrected chi connectivity index (χ1v) is 4.04. The second-order valence-electron chi connectivity index (χ2n) is 3.42. The van der Waals surface area contributed by atoms with Gasteiger partial charge in [-0.1, -0.05) is 0 Å². The number of nitrogens with zero attached hydrogens (tertiary/aromatic N) is 1. The average molecular weight is 160 g/mol. The summed E-state index contributed by atoms with van der Waals surface area (Å²) in [5, 5.41) is -0.274. The van der Waals surface area contributed by atoms with Gasteiger partial charge in [0.1, 0.15) is 0 Å². The van der Waals surface area contributed by atoms with E-state index >= 15 is 0 Å². The third-order valence-corrected chi connectivity index (χ3v) is 2.88. The molecule has 0 atom stereocenters. The van der Waals surface area contributed by atoms with Gasteiger partial charge in [0.2, 0.25) is 0 Å². The van der Waals surface area contributed by atoms with Gasteiger partial charge in [0, 0.05) is 13.1 Å². The monoisotopic (exact) mass is 159 g/mol. The molecule has 1 saturated carbocycles. The van der Waals surface area contributed by atoms with Gasteiger partial charge in [-0.2, -0.15) is 0 Å². The Balaban J connectivity index is 1.99. The number of amides is 1. The van der Waals surface area contributed by atoms with Crippen molar-refractivity contribution in [2.45, 2.75) is 19.3 Å². The first-order chi connectivity index (χ1) is 4.72. The zero-order valence-electron chi connectivity index (χ0n) is 5.77. The first-order valence-electron chi connectivity index (χ1n) is 3.66. The predicted molar refractivity (Wildman–Crippen MR) is 39.1 cm³/mol. The maximum absolute atomic E-state index is 10.7. The maximum Gasteiger partial charge on any atom is 0.316 e. The third kappa shape index (κ3) is 0.908. The van der Waals surface area contributed by atoms with Gasteiger partial charge in [-0.25, -0.2) is 0 Å². The number of carbonyl (C=O) groups is 1. The van der Waals surface area contributed by atoms with Crippen molar-refractivity contribution in [3.05, 3.63) is 0 Å². The molecule has 1 amide bonds. The number of hydrogen-bond acceptors (Lipinski definition) is 1. The van der Waals surface area contributed by atoms with Crippen LogP contribution in [0.1, 0.15) is 19.3 Å². The minimum Gasteiger partial charge on any atom is -0.329 e. The molecule has 2 nitrogen and oxygen atoms in total. The van der Waals surface area contributed by atoms with Gasteiger partial charge in [-0.05, 0) is 36.3 Å². The molecular formula is C7H10ClNO. The van der Waals surface area contributed by atoms with E-state index < -0.39 is 0 Å². The van der Waals surface area contributed by atoms with E-state index in [9.17, 15) is 4.79 Å². The molecule has 1 heterocycles. The molecule has 0 unspecified atom stereocenters. The Labute approximate surface area is 65.1 Å². The van der Waals surface area contributed by atoms with Crippen molar-refractivity contribution in [1.82, 2.24) is 4.90 Å². The highest BCUT2D eigenvalue weighted by molar-refractivity contribution is 6.62. The predicted octanol–water partition coefficient (Wildman–Crippen LogP) is 1.83. The van der Waals surface area contributed by atoms with E-state index in [1.165, 1.54) is 19.3 Å². The molecule has 1 aliphatic carbocycles. The maximum atomic E-state index is 10.7. The molecule has 0 bridgehead atoms. The van der Waals surface area contributed by atoms with Crippen molar-refractivity contribution in [3.63, 3.8) is 0 Å². The topological polar surface area (TPSA) is 20.3 Å². The first kappa shape index (κ1) is 6.47. The van der Waals surface area contributed by atoms with Gasteiger partial charge in [-0.3, -0.25) is 4.79 Å². The molecule has 1 spiro atoms. The summed E-state index contributed by atoms with van der Waals surface area (Å²) in [5.74, 6) is 0. The van der Waals surface area contributed by atoms with Crippen LogP contribution in [-0.2, 0) is 0 Å². The summed E-state index contributed by atoms with van der Waals surface area (Å²) in [5.41, 5.74) is 0.518. The smallest absolute Gasteiger partial charge is 0.316 e. The van der Waals surface area contributed by atoms with Crippen molar-refractivity contribution in [2.24, 2.45) is 5.41 Å². The fourth-order valence-corrected chi connectivity index (χ4v) is 1.81. The fourth-order valence-electron chi connectivity index (χ4n) is 1.67. The lowest BCUT2D eigenvalue weighted by molar-refractivity contribution is 0.230. The molecule has 56 valence electrons. The zero-order chi connectivity index (χ0) is 7.19. The molecule has 3 heteroatoms. The lowest BCUT2D eigenvalue weighted by Gasteiger charge is -2.10. The fraction of sp³-hybridized carbons (Fsp3) is 0.857. The van der Waals surface area contributed by atoms with Gasteiger partial charge in [0.05, 0.1) is 0 Å². The molecule has 2 fully saturated rings. The van der Waals surface area contributed by atoms with Crippen LogP contribution in [0.2, 0.25) is 0 Å². The van der Waals surface area contributed by atoms with E-state index in [4.69, 9.17) is 11.6 Å². The lowest BCUT2D eigenvalue weighted by Crippen LogP contribution is -2.23. The van der Waals surface area contributed by atoms with Gasteiger partial charge in [-0.15, -0.1) is 0 Å². The van der Waals surface area contributed by atoms with Crippen LogP contribution in [0.3, 0.4) is 0 Å². The largest absolute Gasteiger partial charge is 0.329 e. The van der Waals surface area contributed by atoms with Crippen molar-refractivity contribution < 1.29 is 4.79 Å². The molecule has 2 aliphatic rings. The van der Waals surface area contributed by atoms with Crippen LogP contribution in [0.15, 0.2) is 0 Å². The number of carbonyl (C=O) groups excluding carboxylic acids is 1. The van der Waals surface area contributed by atoms with Crippen LogP contribution in [0.25, 0.3) is 0 Å². The van der Waals surface area contributed by atoms with E-state index in [-0.39, 0.29) is 5.37 Å². The van der Waals surface area contributed by atoms with Crippen LogP contribution < -0.4 is 0 Å². The Morgan fingerprint density at radius 3 is 2.40 bits per heavy atom. The van der Waals surface area contributed by atoms with E-state index in [1.54, 1.807) is 4.90 Å². The molecule has 1 saturated heterocycles. The Hall–Kier alpha value is -0.240. The highest BCUT2D eigenvalue weighted by Crippen LogP contribution is 2.52. The second-order valence-corrected chi connectivity index (χ2v) is 3.75. The lowest BCUT2D eigenvalue weighted by atomic mass is 10.1. The van der Waals surface area contributed by atoms with Crippen LogP contribution in [0, 0.1) is 5.41 Å². The summed E-state index contributed by atoms with van der Waals surface area (Å²) in [7, 11) is 0. The van der Waals surface area contributed by atoms with Gasteiger partial charge >= 0.3 is 5.37 Å². The van der Waals surface area contributed by atoms with Crippen LogP contribution in [0.5, 0.6) is 0 Å². The van der Waals surface area contributed by atoms with Crippen LogP contribution in [0.4, 0.5) is 4.79 Å². The van der Waals surface area contributed by atoms with E-state index in [2.05, 4.69) is 0 Å². The summed E-state index contributed by atoms with van der Waals surface area (Å²) in [4.78, 5) is 12.4. The Bertz CT molecular complexity index is 176. The molecule has 0 aromatic carbocycles. The van der Waals surface area contributed by atoms with Crippen LogP contribution >= 0.6 is 11.6 Å². The summed E-state index contributed by atoms with van der Waals surface area (Å²) >= 11 is 5.33.